The number of nitrogens with zero attached hydrogens (tertiary/aromatic N) is 1. The van der Waals surface area contributed by atoms with Crippen LogP contribution in [0.2, 0.25) is 0 Å². The second-order valence-corrected chi connectivity index (χ2v) is 12.8. The highest BCUT2D eigenvalue weighted by Crippen LogP contribution is 2.51. The minimum absolute atomic E-state index is 0.0283. The van der Waals surface area contributed by atoms with Gasteiger partial charge in [0.1, 0.15) is 28.7 Å². The van der Waals surface area contributed by atoms with Gasteiger partial charge >= 0.3 is 0 Å². The van der Waals surface area contributed by atoms with Crippen LogP contribution >= 0.6 is 0 Å². The molecule has 0 radical (unpaired) electrons. The lowest BCUT2D eigenvalue weighted by Crippen LogP contribution is -2.57. The van der Waals surface area contributed by atoms with E-state index in [1.807, 2.05) is 0 Å². The van der Waals surface area contributed by atoms with E-state index >= 15 is 4.39 Å². The number of hydrogen-bond donors (Lipinski definition) is 5. The zero-order chi connectivity index (χ0) is 28.6. The first kappa shape index (κ1) is 27.3. The summed E-state index contributed by atoms with van der Waals surface area (Å²) < 4.78 is 16.0. The number of fused-ring (bicyclic) bond motifs is 3. The van der Waals surface area contributed by atoms with Crippen molar-refractivity contribution >= 4 is 17.5 Å². The lowest BCUT2D eigenvalue weighted by Gasteiger charge is -2.45. The summed E-state index contributed by atoms with van der Waals surface area (Å²) in [6.45, 7) is 8.11. The largest absolute Gasteiger partial charge is 0.511 e. The van der Waals surface area contributed by atoms with E-state index in [4.69, 9.17) is 5.73 Å². The third-order valence-corrected chi connectivity index (χ3v) is 8.38. The first-order valence-electron chi connectivity index (χ1n) is 13.4. The predicted octanol–water partition coefficient (Wildman–Crippen LogP) is 2.98. The van der Waals surface area contributed by atoms with Crippen LogP contribution in [0.3, 0.4) is 0 Å². The number of Topliss-reactive ketones (excluding diaryl/α,β-unsaturated/α-hetero) is 2. The Kier molecular flexibility index (Phi) is 6.42. The van der Waals surface area contributed by atoms with Gasteiger partial charge in [0, 0.05) is 48.7 Å². The maximum Gasteiger partial charge on any atom is 0.255 e. The molecule has 4 aliphatic rings. The molecule has 1 fully saturated rings. The molecule has 6 N–H and O–H groups in total. The van der Waals surface area contributed by atoms with Crippen molar-refractivity contribution in [3.63, 3.8) is 0 Å². The number of hydrogen-bond acceptors (Lipinski definition) is 8. The van der Waals surface area contributed by atoms with Crippen molar-refractivity contribution in [2.45, 2.75) is 65.0 Å². The first-order chi connectivity index (χ1) is 18.1. The van der Waals surface area contributed by atoms with Crippen molar-refractivity contribution in [2.24, 2.45) is 28.9 Å². The van der Waals surface area contributed by atoms with Gasteiger partial charge in [-0.1, -0.05) is 20.8 Å². The third-order valence-electron chi connectivity index (χ3n) is 8.38. The zero-order valence-electron chi connectivity index (χ0n) is 22.4. The van der Waals surface area contributed by atoms with E-state index in [-0.39, 0.29) is 53.5 Å². The molecule has 4 aliphatic carbocycles. The van der Waals surface area contributed by atoms with Gasteiger partial charge in [0.05, 0.1) is 5.56 Å². The summed E-state index contributed by atoms with van der Waals surface area (Å²) >= 11 is 0. The number of nitrogens with two attached hydrogens (primary N) is 1. The highest BCUT2D eigenvalue weighted by atomic mass is 19.1. The quantitative estimate of drug-likeness (QED) is 0.343. The van der Waals surface area contributed by atoms with Crippen LogP contribution < -0.4 is 5.73 Å². The number of rotatable bonds is 6. The van der Waals surface area contributed by atoms with Crippen LogP contribution in [0, 0.1) is 29.0 Å². The van der Waals surface area contributed by atoms with Crippen LogP contribution in [0.15, 0.2) is 28.7 Å². The Balaban J connectivity index is 1.54. The van der Waals surface area contributed by atoms with Crippen molar-refractivity contribution in [1.82, 2.24) is 4.90 Å². The molecule has 1 unspecified atom stereocenters. The van der Waals surface area contributed by atoms with Crippen LogP contribution in [0.25, 0.3) is 0 Å². The highest BCUT2D eigenvalue weighted by Gasteiger charge is 2.59. The van der Waals surface area contributed by atoms with Gasteiger partial charge in [-0.3, -0.25) is 19.3 Å². The van der Waals surface area contributed by atoms with Crippen molar-refractivity contribution < 1.29 is 39.2 Å². The molecule has 3 atom stereocenters. The van der Waals surface area contributed by atoms with E-state index < -0.39 is 63.6 Å². The minimum atomic E-state index is -2.64. The van der Waals surface area contributed by atoms with Gasteiger partial charge in [0.15, 0.2) is 11.4 Å². The number of ketones is 2. The Morgan fingerprint density at radius 1 is 1.18 bits per heavy atom. The fourth-order valence-electron chi connectivity index (χ4n) is 6.60. The summed E-state index contributed by atoms with van der Waals surface area (Å²) in [4.78, 5) is 40.6. The molecular formula is C29H35FN2O7. The Hall–Kier alpha value is -3.24. The lowest BCUT2D eigenvalue weighted by atomic mass is 9.60. The number of allylic oxidation sites excluding steroid dienone is 2. The standard InChI is InChI=1S/C29H35FN2O7/c1-28(2,3)12-32(10-13-4-5-13)11-15-8-18(33)21-17(23(15)30)7-14-6-16-9-19(34)22(27(31)38)26(37)29(16,39)25(36)20(14)24(21)35/h8,13-14,16,33-34,36,39H,4-7,9-12H2,1-3H3,(H2,31,38)/t14?,16-,29-/m0/s1. The topological polar surface area (TPSA) is 161 Å². The molecule has 39 heavy (non-hydrogen) atoms. The predicted molar refractivity (Wildman–Crippen MR) is 138 cm³/mol. The van der Waals surface area contributed by atoms with Crippen LogP contribution in [-0.4, -0.2) is 61.5 Å². The molecule has 0 bridgehead atoms. The Labute approximate surface area is 225 Å². The fourth-order valence-corrected chi connectivity index (χ4v) is 6.60. The number of halogens is 1. The zero-order valence-corrected chi connectivity index (χ0v) is 22.4. The van der Waals surface area contributed by atoms with Gasteiger partial charge in [-0.2, -0.15) is 0 Å². The minimum Gasteiger partial charge on any atom is -0.511 e. The second-order valence-electron chi connectivity index (χ2n) is 12.8. The Bertz CT molecular complexity index is 1350. The van der Waals surface area contributed by atoms with Crippen LogP contribution in [0.4, 0.5) is 4.39 Å². The van der Waals surface area contributed by atoms with Gasteiger partial charge in [0.25, 0.3) is 5.91 Å². The smallest absolute Gasteiger partial charge is 0.255 e. The Morgan fingerprint density at radius 2 is 1.85 bits per heavy atom. The monoisotopic (exact) mass is 542 g/mol. The third kappa shape index (κ3) is 4.53. The van der Waals surface area contributed by atoms with E-state index in [1.165, 1.54) is 6.07 Å². The van der Waals surface area contributed by atoms with Crippen LogP contribution in [0.5, 0.6) is 5.75 Å². The summed E-state index contributed by atoms with van der Waals surface area (Å²) in [7, 11) is 0. The maximum atomic E-state index is 16.0. The number of aliphatic hydroxyl groups excluding tert-OH is 2. The number of amides is 1. The number of primary amides is 1. The average Bonchev–Trinajstić information content (AvgIpc) is 3.62. The molecule has 1 aromatic carbocycles. The molecule has 0 heterocycles. The molecule has 9 nitrogen and oxygen atoms in total. The number of phenolic OH excluding ortho intramolecular Hbond substituents is 1. The molecule has 0 aromatic heterocycles. The lowest BCUT2D eigenvalue weighted by molar-refractivity contribution is -0.144. The summed E-state index contributed by atoms with van der Waals surface area (Å²) in [5.41, 5.74) is 1.41. The molecular weight excluding hydrogens is 507 g/mol. The van der Waals surface area contributed by atoms with E-state index in [0.717, 1.165) is 25.9 Å². The number of benzene rings is 1. The number of carbonyl (C=O) groups is 3. The Morgan fingerprint density at radius 3 is 2.44 bits per heavy atom. The normalized spacial score (nSPS) is 27.0. The van der Waals surface area contributed by atoms with Gasteiger partial charge in [0.2, 0.25) is 5.78 Å². The van der Waals surface area contributed by atoms with E-state index in [2.05, 4.69) is 25.7 Å². The average molecular weight is 543 g/mol. The molecule has 210 valence electrons. The molecule has 0 spiro atoms. The van der Waals surface area contributed by atoms with E-state index in [1.54, 1.807) is 0 Å². The molecule has 5 rings (SSSR count). The second kappa shape index (κ2) is 9.16. The summed E-state index contributed by atoms with van der Waals surface area (Å²) in [6, 6.07) is 1.24. The van der Waals surface area contributed by atoms with Crippen molar-refractivity contribution in [1.29, 1.82) is 0 Å². The van der Waals surface area contributed by atoms with Crippen LogP contribution in [-0.2, 0) is 22.6 Å². The molecule has 1 amide bonds. The molecule has 0 aliphatic heterocycles. The number of aromatic hydroxyl groups is 1. The molecule has 1 saturated carbocycles. The van der Waals surface area contributed by atoms with Crippen LogP contribution in [0.1, 0.15) is 67.9 Å². The summed E-state index contributed by atoms with van der Waals surface area (Å²) in [5, 5.41) is 43.6. The van der Waals surface area contributed by atoms with Crippen molar-refractivity contribution in [3.8, 4) is 5.75 Å². The van der Waals surface area contributed by atoms with Crippen molar-refractivity contribution in [2.75, 3.05) is 13.1 Å². The van der Waals surface area contributed by atoms with Gasteiger partial charge in [-0.15, -0.1) is 0 Å². The van der Waals surface area contributed by atoms with E-state index in [9.17, 15) is 34.8 Å². The summed E-state index contributed by atoms with van der Waals surface area (Å²) in [6.07, 6.45) is 1.85. The number of phenols is 1. The fraction of sp³-hybridized carbons (Fsp3) is 0.552. The number of carbonyl (C=O) groups excluding carboxylic acids is 3. The van der Waals surface area contributed by atoms with Gasteiger partial charge in [-0.25, -0.2) is 4.39 Å². The van der Waals surface area contributed by atoms with Gasteiger partial charge < -0.3 is 26.2 Å². The highest BCUT2D eigenvalue weighted by molar-refractivity contribution is 6.24. The first-order valence-corrected chi connectivity index (χ1v) is 13.4. The number of aliphatic hydroxyl groups is 3. The maximum absolute atomic E-state index is 16.0. The van der Waals surface area contributed by atoms with Crippen molar-refractivity contribution in [3.05, 3.63) is 51.2 Å². The van der Waals surface area contributed by atoms with E-state index in [0.29, 0.717) is 5.92 Å². The SMILES string of the molecule is CC(C)(C)CN(Cc1cc(O)c2c(c1F)CC1C[C@H]3CC(O)=C(C(N)=O)C(=O)[C@@]3(O)C(O)=C1C2=O)CC1CC1. The molecule has 10 heteroatoms. The van der Waals surface area contributed by atoms with Gasteiger partial charge in [-0.05, 0) is 49.0 Å². The molecule has 0 saturated heterocycles. The molecule has 1 aromatic rings. The summed E-state index contributed by atoms with van der Waals surface area (Å²) in [5.74, 6) is -7.27.